The summed E-state index contributed by atoms with van der Waals surface area (Å²) in [5.74, 6) is -1.68. The van der Waals surface area contributed by atoms with Crippen molar-refractivity contribution in [2.24, 2.45) is 0 Å². The van der Waals surface area contributed by atoms with E-state index in [0.29, 0.717) is 35.7 Å². The second kappa shape index (κ2) is 8.06. The summed E-state index contributed by atoms with van der Waals surface area (Å²) >= 11 is 0. The van der Waals surface area contributed by atoms with Crippen molar-refractivity contribution >= 4 is 11.9 Å². The van der Waals surface area contributed by atoms with E-state index in [9.17, 15) is 14.7 Å². The second-order valence-corrected chi connectivity index (χ2v) is 9.29. The molecule has 2 bridgehead atoms. The van der Waals surface area contributed by atoms with Crippen LogP contribution in [0, 0.1) is 5.82 Å². The number of benzene rings is 2. The Labute approximate surface area is 195 Å². The van der Waals surface area contributed by atoms with Crippen LogP contribution in [0.2, 0.25) is 0 Å². The van der Waals surface area contributed by atoms with Crippen LogP contribution in [0.3, 0.4) is 0 Å². The Morgan fingerprint density at radius 1 is 1.00 bits per heavy atom. The molecule has 174 valence electrons. The van der Waals surface area contributed by atoms with Gasteiger partial charge in [0, 0.05) is 11.5 Å². The fraction of sp³-hybridized carbons (Fsp3) is 0.346. The van der Waals surface area contributed by atoms with Gasteiger partial charge in [0.1, 0.15) is 11.4 Å². The number of aromatic carboxylic acids is 1. The molecule has 2 saturated heterocycles. The van der Waals surface area contributed by atoms with Crippen molar-refractivity contribution in [1.82, 2.24) is 14.7 Å². The van der Waals surface area contributed by atoms with Crippen LogP contribution in [-0.4, -0.2) is 57.0 Å². The number of rotatable bonds is 5. The molecule has 2 atom stereocenters. The van der Waals surface area contributed by atoms with E-state index in [1.165, 1.54) is 12.3 Å². The van der Waals surface area contributed by atoms with Crippen LogP contribution in [0.4, 0.5) is 4.39 Å². The molecule has 0 spiro atoms. The van der Waals surface area contributed by atoms with Gasteiger partial charge in [0.25, 0.3) is 5.91 Å². The first-order valence-electron chi connectivity index (χ1n) is 11.6. The monoisotopic (exact) mass is 461 g/mol. The molecule has 1 amide bonds. The number of carboxylic acids is 1. The van der Waals surface area contributed by atoms with E-state index in [2.05, 4.69) is 5.10 Å². The normalized spacial score (nSPS) is 21.6. The van der Waals surface area contributed by atoms with Gasteiger partial charge in [0.05, 0.1) is 48.4 Å². The number of ether oxygens (including phenoxy) is 1. The number of amides is 1. The molecule has 3 aromatic rings. The van der Waals surface area contributed by atoms with E-state index in [0.717, 1.165) is 25.7 Å². The molecule has 3 heterocycles. The van der Waals surface area contributed by atoms with Gasteiger partial charge >= 0.3 is 5.97 Å². The Morgan fingerprint density at radius 3 is 2.44 bits per heavy atom. The van der Waals surface area contributed by atoms with E-state index in [4.69, 9.17) is 4.74 Å². The molecule has 1 aliphatic carbocycles. The van der Waals surface area contributed by atoms with E-state index < -0.39 is 11.8 Å². The lowest BCUT2D eigenvalue weighted by molar-refractivity contribution is -0.00738. The fourth-order valence-electron chi connectivity index (χ4n) is 5.30. The summed E-state index contributed by atoms with van der Waals surface area (Å²) in [6, 6.07) is 12.1. The lowest BCUT2D eigenvalue weighted by Crippen LogP contribution is -2.49. The molecule has 1 aromatic heterocycles. The molecule has 8 heteroatoms. The minimum Gasteiger partial charge on any atom is -0.478 e. The van der Waals surface area contributed by atoms with Gasteiger partial charge in [0.2, 0.25) is 0 Å². The van der Waals surface area contributed by atoms with Crippen LogP contribution in [0.1, 0.15) is 58.0 Å². The van der Waals surface area contributed by atoms with Gasteiger partial charge in [-0.25, -0.2) is 13.9 Å². The van der Waals surface area contributed by atoms with Crippen molar-refractivity contribution in [2.75, 3.05) is 13.2 Å². The Balaban J connectivity index is 1.37. The molecule has 1 N–H and O–H groups in total. The molecule has 2 aliphatic heterocycles. The number of hydrogen-bond acceptors (Lipinski definition) is 4. The summed E-state index contributed by atoms with van der Waals surface area (Å²) < 4.78 is 22.9. The first kappa shape index (κ1) is 21.0. The largest absolute Gasteiger partial charge is 0.478 e. The molecule has 2 unspecified atom stereocenters. The molecule has 3 fully saturated rings. The average molecular weight is 461 g/mol. The fourth-order valence-corrected chi connectivity index (χ4v) is 5.30. The number of carbonyl (C=O) groups excluding carboxylic acids is 1. The zero-order valence-corrected chi connectivity index (χ0v) is 18.5. The highest BCUT2D eigenvalue weighted by molar-refractivity contribution is 5.96. The maximum atomic E-state index is 15.7. The Kier molecular flexibility index (Phi) is 4.99. The van der Waals surface area contributed by atoms with Gasteiger partial charge in [-0.05, 0) is 49.4 Å². The van der Waals surface area contributed by atoms with E-state index >= 15 is 4.39 Å². The molecule has 7 nitrogen and oxygen atoms in total. The van der Waals surface area contributed by atoms with E-state index in [-0.39, 0.29) is 35.0 Å². The van der Waals surface area contributed by atoms with Crippen molar-refractivity contribution in [3.05, 3.63) is 71.3 Å². The molecule has 6 rings (SSSR count). The third-order valence-corrected chi connectivity index (χ3v) is 7.11. The number of halogens is 1. The van der Waals surface area contributed by atoms with Crippen LogP contribution < -0.4 is 0 Å². The Hall–Kier alpha value is -3.52. The topological polar surface area (TPSA) is 84.7 Å². The number of aromatic nitrogens is 2. The highest BCUT2D eigenvalue weighted by Crippen LogP contribution is 2.43. The lowest BCUT2D eigenvalue weighted by Gasteiger charge is -2.34. The first-order valence-corrected chi connectivity index (χ1v) is 11.6. The van der Waals surface area contributed by atoms with Crippen molar-refractivity contribution in [3.63, 3.8) is 0 Å². The van der Waals surface area contributed by atoms with Crippen molar-refractivity contribution in [2.45, 2.75) is 43.7 Å². The highest BCUT2D eigenvalue weighted by Gasteiger charge is 2.41. The van der Waals surface area contributed by atoms with Crippen molar-refractivity contribution in [1.29, 1.82) is 0 Å². The quantitative estimate of drug-likeness (QED) is 0.614. The molecule has 2 aromatic carbocycles. The Morgan fingerprint density at radius 2 is 1.74 bits per heavy atom. The lowest BCUT2D eigenvalue weighted by atomic mass is 10.00. The number of morpholine rings is 1. The van der Waals surface area contributed by atoms with E-state index in [1.54, 1.807) is 39.9 Å². The van der Waals surface area contributed by atoms with Gasteiger partial charge in [-0.2, -0.15) is 5.10 Å². The van der Waals surface area contributed by atoms with Crippen LogP contribution in [0.5, 0.6) is 0 Å². The zero-order chi connectivity index (χ0) is 23.4. The van der Waals surface area contributed by atoms with Crippen molar-refractivity contribution < 1.29 is 23.8 Å². The molecule has 34 heavy (non-hydrogen) atoms. The minimum absolute atomic E-state index is 0.00160. The molecular weight excluding hydrogens is 437 g/mol. The third-order valence-electron chi connectivity index (χ3n) is 7.11. The summed E-state index contributed by atoms with van der Waals surface area (Å²) in [6.07, 6.45) is 4.98. The molecule has 0 radical (unpaired) electrons. The summed E-state index contributed by atoms with van der Waals surface area (Å²) in [7, 11) is 0. The predicted molar refractivity (Wildman–Crippen MR) is 122 cm³/mol. The smallest absolute Gasteiger partial charge is 0.339 e. The number of carbonyl (C=O) groups is 2. The van der Waals surface area contributed by atoms with E-state index in [1.807, 2.05) is 6.07 Å². The second-order valence-electron chi connectivity index (χ2n) is 9.29. The highest BCUT2D eigenvalue weighted by atomic mass is 19.1. The standard InChI is InChI=1S/C26H24FN3O4/c27-23-20(5-2-6-21(23)25(31)29-18-9-10-19(29)14-34-13-18)16-3-1-4-17(11-16)30-24(15-7-8-15)22(12-28-30)26(32)33/h1-6,11-12,15,18-19H,7-10,13-14H2,(H,32,33). The SMILES string of the molecule is O=C(O)c1cnn(-c2cccc(-c3cccc(C(=O)N4C5CCC4COC5)c3F)c2)c1C1CC1. The average Bonchev–Trinajstić information content (AvgIpc) is 3.53. The molecular formula is C26H24FN3O4. The van der Waals surface area contributed by atoms with Gasteiger partial charge < -0.3 is 14.7 Å². The van der Waals surface area contributed by atoms with Crippen LogP contribution >= 0.6 is 0 Å². The first-order chi connectivity index (χ1) is 16.5. The summed E-state index contributed by atoms with van der Waals surface area (Å²) in [5, 5.41) is 13.9. The molecule has 3 aliphatic rings. The zero-order valence-electron chi connectivity index (χ0n) is 18.5. The van der Waals surface area contributed by atoms with Gasteiger partial charge in [-0.3, -0.25) is 4.79 Å². The maximum absolute atomic E-state index is 15.7. The number of nitrogens with zero attached hydrogens (tertiary/aromatic N) is 3. The Bertz CT molecular complexity index is 1280. The predicted octanol–water partition coefficient (Wildman–Crippen LogP) is 4.26. The number of hydrogen-bond donors (Lipinski definition) is 1. The van der Waals surface area contributed by atoms with Gasteiger partial charge in [-0.1, -0.05) is 24.3 Å². The number of carboxylic acid groups (broad SMARTS) is 1. The van der Waals surface area contributed by atoms with Crippen molar-refractivity contribution in [3.8, 4) is 16.8 Å². The van der Waals surface area contributed by atoms with Gasteiger partial charge in [0.15, 0.2) is 0 Å². The number of fused-ring (bicyclic) bond motifs is 2. The molecule has 1 saturated carbocycles. The van der Waals surface area contributed by atoms with Crippen LogP contribution in [0.15, 0.2) is 48.7 Å². The van der Waals surface area contributed by atoms with Crippen LogP contribution in [0.25, 0.3) is 16.8 Å². The summed E-state index contributed by atoms with van der Waals surface area (Å²) in [5.41, 5.74) is 2.53. The summed E-state index contributed by atoms with van der Waals surface area (Å²) in [4.78, 5) is 26.8. The third kappa shape index (κ3) is 3.40. The minimum atomic E-state index is -1.00. The van der Waals surface area contributed by atoms with Gasteiger partial charge in [-0.15, -0.1) is 0 Å². The summed E-state index contributed by atoms with van der Waals surface area (Å²) in [6.45, 7) is 0.994. The van der Waals surface area contributed by atoms with Crippen LogP contribution in [-0.2, 0) is 4.74 Å². The maximum Gasteiger partial charge on any atom is 0.339 e.